The molecule has 0 aliphatic carbocycles. The molecule has 1 aromatic rings. The third kappa shape index (κ3) is 5.08. The zero-order chi connectivity index (χ0) is 18.4. The number of nitrogens with zero attached hydrogens (tertiary/aromatic N) is 1. The Hall–Kier alpha value is -2.34. The normalized spacial score (nSPS) is 17.8. The van der Waals surface area contributed by atoms with E-state index < -0.39 is 0 Å². The molecule has 6 heteroatoms. The zero-order valence-corrected chi connectivity index (χ0v) is 15.5. The van der Waals surface area contributed by atoms with Crippen LogP contribution in [-0.4, -0.2) is 49.5 Å². The van der Waals surface area contributed by atoms with Crippen LogP contribution in [0.1, 0.15) is 36.8 Å². The van der Waals surface area contributed by atoms with Crippen LogP contribution in [0.25, 0.3) is 5.70 Å². The molecule has 26 heavy (non-hydrogen) atoms. The van der Waals surface area contributed by atoms with Gasteiger partial charge in [-0.3, -0.25) is 20.0 Å². The summed E-state index contributed by atoms with van der Waals surface area (Å²) < 4.78 is 0. The Balaban J connectivity index is 1.43. The van der Waals surface area contributed by atoms with E-state index in [1.165, 1.54) is 31.5 Å². The molecule has 2 aliphatic heterocycles. The highest BCUT2D eigenvalue weighted by Crippen LogP contribution is 2.18. The van der Waals surface area contributed by atoms with Crippen molar-refractivity contribution in [2.75, 3.05) is 32.7 Å². The first-order valence-corrected chi connectivity index (χ1v) is 9.56. The van der Waals surface area contributed by atoms with Crippen molar-refractivity contribution in [2.24, 2.45) is 0 Å². The molecule has 3 rings (SSSR count). The lowest BCUT2D eigenvalue weighted by Gasteiger charge is -2.29. The molecule has 0 spiro atoms. The predicted octanol–water partition coefficient (Wildman–Crippen LogP) is 0.258. The molecule has 1 aromatic carbocycles. The summed E-state index contributed by atoms with van der Waals surface area (Å²) in [5.74, 6) is -0.000177. The smallest absolute Gasteiger partial charge is 0.244 e. The number of benzene rings is 1. The Morgan fingerprint density at radius 2 is 1.96 bits per heavy atom. The summed E-state index contributed by atoms with van der Waals surface area (Å²) in [6, 6.07) is 8.17. The number of aryl methyl sites for hydroxylation is 1. The summed E-state index contributed by atoms with van der Waals surface area (Å²) in [6.45, 7) is 6.57. The van der Waals surface area contributed by atoms with Crippen molar-refractivity contribution in [3.63, 3.8) is 0 Å². The van der Waals surface area contributed by atoms with Gasteiger partial charge in [-0.25, -0.2) is 0 Å². The molecule has 140 valence electrons. The number of quaternary nitrogens is 1. The van der Waals surface area contributed by atoms with Crippen LogP contribution in [-0.2, 0) is 9.59 Å². The van der Waals surface area contributed by atoms with Gasteiger partial charge in [-0.15, -0.1) is 0 Å². The fraction of sp³-hybridized carbons (Fsp3) is 0.500. The number of carbonyl (C=O) groups is 2. The Morgan fingerprint density at radius 1 is 1.23 bits per heavy atom. The molecule has 0 aromatic heterocycles. The van der Waals surface area contributed by atoms with Crippen molar-refractivity contribution >= 4 is 17.5 Å². The Bertz CT molecular complexity index is 663. The number of likely N-dealkylation sites (tertiary alicyclic amines) is 1. The molecule has 2 aliphatic rings. The van der Waals surface area contributed by atoms with Gasteiger partial charge in [0, 0.05) is 25.7 Å². The highest BCUT2D eigenvalue weighted by Gasteiger charge is 2.20. The second kappa shape index (κ2) is 8.85. The third-order valence-electron chi connectivity index (χ3n) is 5.07. The van der Waals surface area contributed by atoms with Crippen LogP contribution >= 0.6 is 0 Å². The van der Waals surface area contributed by atoms with Crippen LogP contribution in [0, 0.1) is 6.92 Å². The van der Waals surface area contributed by atoms with Crippen LogP contribution in [0.3, 0.4) is 0 Å². The minimum Gasteiger partial charge on any atom is -0.350 e. The SMILES string of the molecule is Cc1ccc(C2=CCC(=O)N(CCC(=O)NCC[NH+]3CCCC3)N2)cc1. The Morgan fingerprint density at radius 3 is 2.69 bits per heavy atom. The molecular weight excluding hydrogens is 328 g/mol. The second-order valence-electron chi connectivity index (χ2n) is 7.15. The maximum absolute atomic E-state index is 12.1. The first kappa shape index (κ1) is 18.5. The molecule has 1 saturated heterocycles. The molecule has 0 unspecified atom stereocenters. The predicted molar refractivity (Wildman–Crippen MR) is 101 cm³/mol. The van der Waals surface area contributed by atoms with Gasteiger partial charge in [0.2, 0.25) is 11.8 Å². The van der Waals surface area contributed by atoms with Crippen molar-refractivity contribution in [1.82, 2.24) is 15.8 Å². The van der Waals surface area contributed by atoms with Crippen LogP contribution in [0.4, 0.5) is 0 Å². The lowest BCUT2D eigenvalue weighted by Crippen LogP contribution is -3.10. The quantitative estimate of drug-likeness (QED) is 0.656. The van der Waals surface area contributed by atoms with E-state index >= 15 is 0 Å². The zero-order valence-electron chi connectivity index (χ0n) is 15.5. The highest BCUT2D eigenvalue weighted by molar-refractivity contribution is 5.84. The minimum absolute atomic E-state index is 0.00429. The number of hydrogen-bond donors (Lipinski definition) is 3. The molecule has 2 amide bonds. The summed E-state index contributed by atoms with van der Waals surface area (Å²) in [5.41, 5.74) is 6.32. The van der Waals surface area contributed by atoms with Crippen molar-refractivity contribution in [1.29, 1.82) is 0 Å². The fourth-order valence-corrected chi connectivity index (χ4v) is 3.45. The minimum atomic E-state index is -0.00447. The van der Waals surface area contributed by atoms with Gasteiger partial charge in [0.15, 0.2) is 0 Å². The van der Waals surface area contributed by atoms with Crippen molar-refractivity contribution < 1.29 is 14.5 Å². The number of amides is 2. The number of nitrogens with one attached hydrogen (secondary N) is 3. The van der Waals surface area contributed by atoms with Crippen LogP contribution in [0.5, 0.6) is 0 Å². The largest absolute Gasteiger partial charge is 0.350 e. The molecule has 6 nitrogen and oxygen atoms in total. The number of carbonyl (C=O) groups excluding carboxylic acids is 2. The number of hydrazine groups is 1. The number of hydrogen-bond acceptors (Lipinski definition) is 3. The maximum Gasteiger partial charge on any atom is 0.244 e. The van der Waals surface area contributed by atoms with Gasteiger partial charge in [-0.05, 0) is 18.6 Å². The van der Waals surface area contributed by atoms with E-state index in [0.717, 1.165) is 17.8 Å². The molecule has 0 atom stereocenters. The molecule has 2 heterocycles. The van der Waals surface area contributed by atoms with Crippen molar-refractivity contribution in [2.45, 2.75) is 32.6 Å². The first-order chi connectivity index (χ1) is 12.6. The summed E-state index contributed by atoms with van der Waals surface area (Å²) in [5, 5.41) is 4.53. The molecule has 0 radical (unpaired) electrons. The van der Waals surface area contributed by atoms with E-state index in [1.54, 1.807) is 9.91 Å². The van der Waals surface area contributed by atoms with E-state index in [1.807, 2.05) is 25.1 Å². The Labute approximate surface area is 155 Å². The van der Waals surface area contributed by atoms with E-state index in [0.29, 0.717) is 25.9 Å². The van der Waals surface area contributed by atoms with Gasteiger partial charge in [0.25, 0.3) is 0 Å². The van der Waals surface area contributed by atoms with Gasteiger partial charge in [0.05, 0.1) is 38.4 Å². The second-order valence-corrected chi connectivity index (χ2v) is 7.15. The third-order valence-corrected chi connectivity index (χ3v) is 5.07. The standard InChI is InChI=1S/C20H28N4O2/c1-16-4-6-17(7-5-16)18-8-9-20(26)24(22-18)14-10-19(25)21-11-15-23-12-2-3-13-23/h4-8,22H,2-3,9-15H2,1H3,(H,21,25)/p+1. The van der Waals surface area contributed by atoms with Crippen molar-refractivity contribution in [3.05, 3.63) is 41.5 Å². The van der Waals surface area contributed by atoms with E-state index in [4.69, 9.17) is 0 Å². The number of rotatable bonds is 7. The highest BCUT2D eigenvalue weighted by atomic mass is 16.2. The monoisotopic (exact) mass is 357 g/mol. The lowest BCUT2D eigenvalue weighted by molar-refractivity contribution is -0.886. The fourth-order valence-electron chi connectivity index (χ4n) is 3.45. The van der Waals surface area contributed by atoms with Gasteiger partial charge in [-0.1, -0.05) is 29.8 Å². The van der Waals surface area contributed by atoms with Crippen LogP contribution in [0.2, 0.25) is 0 Å². The molecule has 0 bridgehead atoms. The summed E-state index contributed by atoms with van der Waals surface area (Å²) >= 11 is 0. The first-order valence-electron chi connectivity index (χ1n) is 9.56. The van der Waals surface area contributed by atoms with Crippen LogP contribution in [0.15, 0.2) is 30.3 Å². The average Bonchev–Trinajstić information content (AvgIpc) is 3.15. The van der Waals surface area contributed by atoms with Gasteiger partial charge in [0.1, 0.15) is 0 Å². The summed E-state index contributed by atoms with van der Waals surface area (Å²) in [6.07, 6.45) is 5.17. The topological polar surface area (TPSA) is 65.9 Å². The summed E-state index contributed by atoms with van der Waals surface area (Å²) in [7, 11) is 0. The summed E-state index contributed by atoms with van der Waals surface area (Å²) in [4.78, 5) is 25.7. The maximum atomic E-state index is 12.1. The molecular formula is C20H29N4O2+. The van der Waals surface area contributed by atoms with Gasteiger partial charge in [-0.2, -0.15) is 0 Å². The molecule has 0 saturated carbocycles. The van der Waals surface area contributed by atoms with Crippen LogP contribution < -0.4 is 15.6 Å². The van der Waals surface area contributed by atoms with E-state index in [-0.39, 0.29) is 11.8 Å². The average molecular weight is 357 g/mol. The van der Waals surface area contributed by atoms with Crippen molar-refractivity contribution in [3.8, 4) is 0 Å². The Kier molecular flexibility index (Phi) is 6.28. The van der Waals surface area contributed by atoms with Gasteiger partial charge < -0.3 is 10.2 Å². The molecule has 3 N–H and O–H groups in total. The van der Waals surface area contributed by atoms with E-state index in [9.17, 15) is 9.59 Å². The lowest BCUT2D eigenvalue weighted by atomic mass is 10.1. The van der Waals surface area contributed by atoms with E-state index in [2.05, 4.69) is 22.9 Å². The molecule has 1 fully saturated rings. The van der Waals surface area contributed by atoms with Gasteiger partial charge >= 0.3 is 0 Å².